The molecule has 0 radical (unpaired) electrons. The minimum Gasteiger partial charge on any atom is -0.379 e. The highest BCUT2D eigenvalue weighted by Crippen LogP contribution is 2.51. The zero-order valence-electron chi connectivity index (χ0n) is 15.4. The largest absolute Gasteiger partial charge is 0.470 e. The van der Waals surface area contributed by atoms with Crippen LogP contribution in [0.5, 0.6) is 0 Å². The SMILES string of the molecule is CCCCOC[C@H]1O[C@](C)(O)[C@@H](OP(=O)(O)O)[C@H](OP(=O)(O)O)[C@@H]1OP(=O)(O)O. The molecule has 0 unspecified atom stereocenters. The second-order valence-electron chi connectivity index (χ2n) is 6.28. The average molecular weight is 490 g/mol. The first-order valence-electron chi connectivity index (χ1n) is 8.15. The van der Waals surface area contributed by atoms with Gasteiger partial charge < -0.3 is 43.9 Å². The van der Waals surface area contributed by atoms with E-state index in [4.69, 9.17) is 38.8 Å². The fourth-order valence-corrected chi connectivity index (χ4v) is 4.30. The first-order chi connectivity index (χ1) is 13.0. The van der Waals surface area contributed by atoms with Crippen LogP contribution >= 0.6 is 23.5 Å². The third-order valence-corrected chi connectivity index (χ3v) is 5.14. The molecule has 0 aliphatic carbocycles. The monoisotopic (exact) mass is 490 g/mol. The van der Waals surface area contributed by atoms with E-state index in [0.29, 0.717) is 6.42 Å². The van der Waals surface area contributed by atoms with Crippen molar-refractivity contribution in [2.24, 2.45) is 0 Å². The Morgan fingerprint density at radius 3 is 1.83 bits per heavy atom. The molecule has 5 atom stereocenters. The van der Waals surface area contributed by atoms with Crippen molar-refractivity contribution in [2.75, 3.05) is 13.2 Å². The van der Waals surface area contributed by atoms with Gasteiger partial charge in [-0.1, -0.05) is 13.3 Å². The van der Waals surface area contributed by atoms with Crippen LogP contribution in [-0.2, 0) is 36.7 Å². The Morgan fingerprint density at radius 1 is 0.897 bits per heavy atom. The lowest BCUT2D eigenvalue weighted by molar-refractivity contribution is -0.334. The fraction of sp³-hybridized carbons (Fsp3) is 1.00. The predicted octanol–water partition coefficient (Wildman–Crippen LogP) is -0.656. The van der Waals surface area contributed by atoms with Crippen molar-refractivity contribution < 1.29 is 71.2 Å². The zero-order valence-corrected chi connectivity index (χ0v) is 18.1. The topological polar surface area (TPSA) is 239 Å². The van der Waals surface area contributed by atoms with Gasteiger partial charge in [-0.2, -0.15) is 0 Å². The van der Waals surface area contributed by atoms with Crippen LogP contribution < -0.4 is 0 Å². The van der Waals surface area contributed by atoms with Gasteiger partial charge in [0.15, 0.2) is 11.9 Å². The van der Waals surface area contributed by atoms with Gasteiger partial charge in [0, 0.05) is 6.61 Å². The van der Waals surface area contributed by atoms with Crippen LogP contribution in [0.1, 0.15) is 26.7 Å². The Bertz CT molecular complexity index is 664. The fourth-order valence-electron chi connectivity index (χ4n) is 2.57. The molecular formula is C11H25O15P3. The van der Waals surface area contributed by atoms with Crippen LogP contribution in [0, 0.1) is 0 Å². The molecule has 0 aromatic rings. The molecule has 1 aliphatic rings. The van der Waals surface area contributed by atoms with Crippen molar-refractivity contribution in [3.63, 3.8) is 0 Å². The molecule has 15 nitrogen and oxygen atoms in total. The second kappa shape index (κ2) is 10.2. The third kappa shape index (κ3) is 9.92. The van der Waals surface area contributed by atoms with Gasteiger partial charge in [-0.15, -0.1) is 0 Å². The number of hydrogen-bond acceptors (Lipinski definition) is 9. The summed E-state index contributed by atoms with van der Waals surface area (Å²) >= 11 is 0. The number of ether oxygens (including phenoxy) is 2. The van der Waals surface area contributed by atoms with Crippen molar-refractivity contribution in [1.82, 2.24) is 0 Å². The molecule has 1 rings (SSSR count). The van der Waals surface area contributed by atoms with Gasteiger partial charge in [-0.3, -0.25) is 13.6 Å². The summed E-state index contributed by atoms with van der Waals surface area (Å²) in [7, 11) is -16.2. The molecule has 1 heterocycles. The summed E-state index contributed by atoms with van der Waals surface area (Å²) in [5.41, 5.74) is 0. The van der Waals surface area contributed by atoms with Gasteiger partial charge in [0.25, 0.3) is 0 Å². The lowest BCUT2D eigenvalue weighted by Crippen LogP contribution is -2.65. The maximum Gasteiger partial charge on any atom is 0.470 e. The first kappa shape index (κ1) is 27.2. The molecule has 18 heteroatoms. The maximum atomic E-state index is 11.4. The number of unbranched alkanes of at least 4 members (excludes halogenated alkanes) is 1. The molecule has 0 spiro atoms. The van der Waals surface area contributed by atoms with Gasteiger partial charge in [-0.25, -0.2) is 13.7 Å². The smallest absolute Gasteiger partial charge is 0.379 e. The van der Waals surface area contributed by atoms with Gasteiger partial charge in [0.1, 0.15) is 18.3 Å². The van der Waals surface area contributed by atoms with Crippen LogP contribution in [0.15, 0.2) is 0 Å². The molecule has 1 fully saturated rings. The van der Waals surface area contributed by atoms with E-state index in [9.17, 15) is 18.8 Å². The van der Waals surface area contributed by atoms with E-state index >= 15 is 0 Å². The van der Waals surface area contributed by atoms with Crippen LogP contribution in [0.4, 0.5) is 0 Å². The van der Waals surface area contributed by atoms with Crippen LogP contribution in [0.3, 0.4) is 0 Å². The highest BCUT2D eigenvalue weighted by molar-refractivity contribution is 7.47. The number of phosphoric acid groups is 3. The highest BCUT2D eigenvalue weighted by atomic mass is 31.2. The molecule has 29 heavy (non-hydrogen) atoms. The third-order valence-electron chi connectivity index (χ3n) is 3.60. The van der Waals surface area contributed by atoms with E-state index in [1.165, 1.54) is 0 Å². The summed E-state index contributed by atoms with van der Waals surface area (Å²) in [5, 5.41) is 10.4. The highest BCUT2D eigenvalue weighted by Gasteiger charge is 2.58. The minimum atomic E-state index is -5.43. The van der Waals surface area contributed by atoms with Crippen LogP contribution in [0.2, 0.25) is 0 Å². The van der Waals surface area contributed by atoms with Gasteiger partial charge >= 0.3 is 23.5 Å². The quantitative estimate of drug-likeness (QED) is 0.141. The first-order valence-corrected chi connectivity index (χ1v) is 12.7. The zero-order chi connectivity index (χ0) is 22.7. The Morgan fingerprint density at radius 2 is 1.38 bits per heavy atom. The number of rotatable bonds is 11. The van der Waals surface area contributed by atoms with Gasteiger partial charge in [0.05, 0.1) is 6.61 Å². The summed E-state index contributed by atoms with van der Waals surface area (Å²) in [4.78, 5) is 54.7. The normalized spacial score (nSPS) is 31.8. The number of aliphatic hydroxyl groups is 1. The van der Waals surface area contributed by atoms with Crippen molar-refractivity contribution in [3.8, 4) is 0 Å². The molecule has 0 bridgehead atoms. The molecule has 174 valence electrons. The molecule has 7 N–H and O–H groups in total. The Hall–Kier alpha value is 0.210. The van der Waals surface area contributed by atoms with Crippen molar-refractivity contribution >= 4 is 23.5 Å². The Kier molecular flexibility index (Phi) is 9.60. The van der Waals surface area contributed by atoms with Crippen molar-refractivity contribution in [1.29, 1.82) is 0 Å². The Balaban J connectivity index is 3.33. The van der Waals surface area contributed by atoms with Gasteiger partial charge in [-0.05, 0) is 13.3 Å². The summed E-state index contributed by atoms with van der Waals surface area (Å²) < 4.78 is 57.7. The van der Waals surface area contributed by atoms with E-state index in [-0.39, 0.29) is 6.61 Å². The van der Waals surface area contributed by atoms with Crippen molar-refractivity contribution in [2.45, 2.75) is 56.9 Å². The van der Waals surface area contributed by atoms with E-state index < -0.39 is 60.3 Å². The number of hydrogen-bond donors (Lipinski definition) is 7. The summed E-state index contributed by atoms with van der Waals surface area (Å²) in [6, 6.07) is 0. The second-order valence-corrected chi connectivity index (χ2v) is 9.85. The van der Waals surface area contributed by atoms with E-state index in [1.807, 2.05) is 6.92 Å². The molecular weight excluding hydrogens is 465 g/mol. The molecule has 0 aromatic heterocycles. The molecule has 1 aliphatic heterocycles. The Labute approximate surface area is 165 Å². The van der Waals surface area contributed by atoms with E-state index in [1.54, 1.807) is 0 Å². The molecule has 0 saturated carbocycles. The molecule has 0 amide bonds. The molecule has 0 aromatic carbocycles. The minimum absolute atomic E-state index is 0.174. The van der Waals surface area contributed by atoms with Crippen molar-refractivity contribution in [3.05, 3.63) is 0 Å². The lowest BCUT2D eigenvalue weighted by Gasteiger charge is -2.48. The summed E-state index contributed by atoms with van der Waals surface area (Å²) in [5.74, 6) is -2.63. The summed E-state index contributed by atoms with van der Waals surface area (Å²) in [6.45, 7) is 2.41. The predicted molar refractivity (Wildman–Crippen MR) is 92.0 cm³/mol. The van der Waals surface area contributed by atoms with E-state index in [0.717, 1.165) is 13.3 Å². The molecule has 1 saturated heterocycles. The summed E-state index contributed by atoms with van der Waals surface area (Å²) in [6.07, 6.45) is -6.88. The van der Waals surface area contributed by atoms with Crippen LogP contribution in [-0.4, -0.2) is 77.9 Å². The average Bonchev–Trinajstić information content (AvgIpc) is 2.47. The lowest BCUT2D eigenvalue weighted by atomic mass is 9.93. The standard InChI is InChI=1S/C11H25O15P3/c1-3-4-5-22-6-7-8(24-27(13,14)15)9(25-28(16,17)18)10(11(2,12)23-7)26-29(19,20)21/h7-10,12H,3-6H2,1-2H3,(H2,13,14,15)(H2,16,17,18)(H2,19,20,21)/t7-,8-,9-,10+,11+/m1/s1. The van der Waals surface area contributed by atoms with Gasteiger partial charge in [0.2, 0.25) is 0 Å². The van der Waals surface area contributed by atoms with Crippen LogP contribution in [0.25, 0.3) is 0 Å². The maximum absolute atomic E-state index is 11.4. The number of phosphoric ester groups is 3. The van der Waals surface area contributed by atoms with E-state index in [2.05, 4.69) is 13.6 Å².